The number of hydrogen-bond acceptors (Lipinski definition) is 4. The first-order valence-corrected chi connectivity index (χ1v) is 17.3. The second kappa shape index (κ2) is 13.1. The molecule has 4 aliphatic carbocycles. The summed E-state index contributed by atoms with van der Waals surface area (Å²) in [7, 11) is -4.02. The van der Waals surface area contributed by atoms with Crippen LogP contribution in [0.5, 0.6) is 0 Å². The topological polar surface area (TPSA) is 81.8 Å². The molecule has 4 fully saturated rings. The summed E-state index contributed by atoms with van der Waals surface area (Å²) < 4.78 is 23.0. The van der Waals surface area contributed by atoms with E-state index in [-0.39, 0.29) is 31.7 Å². The Hall–Kier alpha value is 0.360. The Morgan fingerprint density at radius 1 is 0.974 bits per heavy atom. The number of hydrogen-bond donors (Lipinski definition) is 2. The first-order valence-electron chi connectivity index (χ1n) is 15.8. The Kier molecular flexibility index (Phi) is 11.3. The van der Waals surface area contributed by atoms with Crippen molar-refractivity contribution < 1.29 is 18.5 Å². The van der Waals surface area contributed by atoms with E-state index in [1.165, 1.54) is 57.8 Å². The smallest absolute Gasteiger partial charge is 0.328 e. The first kappa shape index (κ1) is 32.9. The fourth-order valence-electron chi connectivity index (χ4n) is 10.4. The molecule has 0 aromatic carbocycles. The Morgan fingerprint density at radius 2 is 1.66 bits per heavy atom. The van der Waals surface area contributed by atoms with Gasteiger partial charge in [-0.2, -0.15) is 0 Å². The molecule has 5 nitrogen and oxygen atoms in total. The zero-order valence-electron chi connectivity index (χ0n) is 25.2. The zero-order chi connectivity index (χ0) is 27.0. The van der Waals surface area contributed by atoms with Gasteiger partial charge in [0, 0.05) is 6.54 Å². The van der Waals surface area contributed by atoms with Crippen LogP contribution in [0.15, 0.2) is 0 Å². The van der Waals surface area contributed by atoms with Gasteiger partial charge < -0.3 is 10.6 Å². The summed E-state index contributed by atoms with van der Waals surface area (Å²) in [6, 6.07) is 0. The minimum absolute atomic E-state index is 0. The van der Waals surface area contributed by atoms with E-state index < -0.39 is 7.82 Å². The van der Waals surface area contributed by atoms with Crippen LogP contribution in [0.4, 0.5) is 0 Å². The summed E-state index contributed by atoms with van der Waals surface area (Å²) in [5, 5.41) is 0. The minimum Gasteiger partial charge on any atom is -0.328 e. The van der Waals surface area contributed by atoms with Crippen molar-refractivity contribution in [2.24, 2.45) is 63.9 Å². The maximum atomic E-state index is 12.3. The van der Waals surface area contributed by atoms with E-state index in [4.69, 9.17) is 14.8 Å². The molecule has 0 radical (unpaired) electrons. The van der Waals surface area contributed by atoms with E-state index >= 15 is 0 Å². The van der Waals surface area contributed by atoms with Crippen LogP contribution in [0.3, 0.4) is 0 Å². The summed E-state index contributed by atoms with van der Waals surface area (Å²) >= 11 is 0. The molecule has 224 valence electrons. The predicted molar refractivity (Wildman–Crippen MR) is 159 cm³/mol. The fourth-order valence-corrected chi connectivity index (χ4v) is 11.3. The molecule has 38 heavy (non-hydrogen) atoms. The molecule has 3 N–H and O–H groups in total. The summed E-state index contributed by atoms with van der Waals surface area (Å²) in [5.41, 5.74) is 6.30. The third-order valence-corrected chi connectivity index (χ3v) is 13.6. The Balaban J connectivity index is 0.00000400. The maximum Gasteiger partial charge on any atom is 0.472 e. The van der Waals surface area contributed by atoms with Crippen LogP contribution in [-0.4, -0.2) is 24.1 Å². The van der Waals surface area contributed by atoms with E-state index in [0.717, 1.165) is 60.7 Å². The summed E-state index contributed by atoms with van der Waals surface area (Å²) in [6.07, 6.45) is 15.1. The lowest BCUT2D eigenvalue weighted by Gasteiger charge is -2.61. The Morgan fingerprint density at radius 3 is 2.32 bits per heavy atom. The molecule has 0 spiro atoms. The van der Waals surface area contributed by atoms with Crippen molar-refractivity contribution in [3.8, 4) is 0 Å². The van der Waals surface area contributed by atoms with Crippen molar-refractivity contribution in [1.29, 1.82) is 0 Å². The molecular weight excluding hydrogens is 517 g/mol. The van der Waals surface area contributed by atoms with Crippen molar-refractivity contribution in [3.05, 3.63) is 0 Å². The summed E-state index contributed by atoms with van der Waals surface area (Å²) in [5.74, 6) is 6.57. The van der Waals surface area contributed by atoms with Gasteiger partial charge in [-0.05, 0) is 122 Å². The van der Waals surface area contributed by atoms with Gasteiger partial charge in [0.15, 0.2) is 0 Å². The largest absolute Gasteiger partial charge is 0.472 e. The quantitative estimate of drug-likeness (QED) is 0.241. The number of phosphoric acid groups is 1. The molecule has 5 unspecified atom stereocenters. The molecule has 0 heterocycles. The second-order valence-corrected chi connectivity index (χ2v) is 15.9. The lowest BCUT2D eigenvalue weighted by Crippen LogP contribution is -2.54. The van der Waals surface area contributed by atoms with Crippen molar-refractivity contribution in [3.63, 3.8) is 0 Å². The van der Waals surface area contributed by atoms with Crippen LogP contribution < -0.4 is 5.73 Å². The molecule has 0 aliphatic heterocycles. The number of halogens is 1. The van der Waals surface area contributed by atoms with Gasteiger partial charge in [-0.1, -0.05) is 54.4 Å². The summed E-state index contributed by atoms with van der Waals surface area (Å²) in [6.45, 7) is 15.3. The van der Waals surface area contributed by atoms with Crippen LogP contribution in [0.2, 0.25) is 0 Å². The molecule has 0 aromatic rings. The van der Waals surface area contributed by atoms with Crippen LogP contribution in [-0.2, 0) is 13.6 Å². The van der Waals surface area contributed by atoms with Gasteiger partial charge in [-0.3, -0.25) is 9.05 Å². The number of phosphoric ester groups is 1. The standard InChI is InChI=1S/C31H58NO4P.ClH/c1-7-23(21(2)3)9-8-22(4)27-12-13-28-26-11-10-24-20-25(36-37(33,34)35-19-18-32)14-16-30(24,5)29(26)15-17-31(27,28)6;/h21-29H,7-20,32H2,1-6H3,(H,33,34);1H/t22-,23-,24?,25+,26?,27-,28?,29?,30+,31-;/m1./s1. The number of fused-ring (bicyclic) bond motifs is 5. The highest BCUT2D eigenvalue weighted by Gasteiger charge is 2.60. The molecule has 4 rings (SSSR count). The summed E-state index contributed by atoms with van der Waals surface area (Å²) in [4.78, 5) is 10.1. The van der Waals surface area contributed by atoms with Gasteiger partial charge in [-0.15, -0.1) is 12.4 Å². The highest BCUT2D eigenvalue weighted by atomic mass is 35.5. The SMILES string of the molecule is CC[C@H](CC[C@@H](C)[C@H]1CCC2C3CCC4C[C@@H](OP(=O)(O)OCCN)CC[C@]4(C)C3CC[C@@]21C)C(C)C.Cl. The normalized spacial score (nSPS) is 41.8. The van der Waals surface area contributed by atoms with Gasteiger partial charge in [0.05, 0.1) is 12.7 Å². The van der Waals surface area contributed by atoms with Gasteiger partial charge in [0.1, 0.15) is 0 Å². The molecule has 0 aromatic heterocycles. The molecule has 0 bridgehead atoms. The van der Waals surface area contributed by atoms with Gasteiger partial charge in [0.25, 0.3) is 0 Å². The fraction of sp³-hybridized carbons (Fsp3) is 1.00. The van der Waals surface area contributed by atoms with Crippen molar-refractivity contribution in [1.82, 2.24) is 0 Å². The Bertz CT molecular complexity index is 813. The lowest BCUT2D eigenvalue weighted by atomic mass is 9.44. The van der Waals surface area contributed by atoms with Gasteiger partial charge in [-0.25, -0.2) is 4.57 Å². The van der Waals surface area contributed by atoms with Crippen molar-refractivity contribution in [2.75, 3.05) is 13.2 Å². The van der Waals surface area contributed by atoms with Gasteiger partial charge in [0.2, 0.25) is 0 Å². The second-order valence-electron chi connectivity index (χ2n) is 14.4. The third kappa shape index (κ3) is 6.54. The predicted octanol–water partition coefficient (Wildman–Crippen LogP) is 8.63. The highest BCUT2D eigenvalue weighted by Crippen LogP contribution is 2.69. The molecule has 4 aliphatic rings. The highest BCUT2D eigenvalue weighted by molar-refractivity contribution is 7.47. The monoisotopic (exact) mass is 575 g/mol. The number of nitrogens with two attached hydrogens (primary N) is 1. The third-order valence-electron chi connectivity index (χ3n) is 12.5. The average molecular weight is 576 g/mol. The van der Waals surface area contributed by atoms with Crippen LogP contribution in [0.25, 0.3) is 0 Å². The lowest BCUT2D eigenvalue weighted by molar-refractivity contribution is -0.128. The van der Waals surface area contributed by atoms with Crippen LogP contribution >= 0.6 is 20.2 Å². The molecule has 7 heteroatoms. The van der Waals surface area contributed by atoms with Gasteiger partial charge >= 0.3 is 7.82 Å². The molecule has 11 atom stereocenters. The number of rotatable bonds is 11. The van der Waals surface area contributed by atoms with Crippen molar-refractivity contribution in [2.45, 2.75) is 125 Å². The van der Waals surface area contributed by atoms with Crippen molar-refractivity contribution >= 4 is 20.2 Å². The van der Waals surface area contributed by atoms with E-state index in [1.807, 2.05) is 0 Å². The maximum absolute atomic E-state index is 12.3. The molecule has 4 saturated carbocycles. The van der Waals surface area contributed by atoms with E-state index in [2.05, 4.69) is 41.5 Å². The first-order chi connectivity index (χ1) is 17.4. The van der Waals surface area contributed by atoms with Crippen LogP contribution in [0, 0.1) is 58.2 Å². The molecule has 0 saturated heterocycles. The molecular formula is C31H59ClNO4P. The average Bonchev–Trinajstić information content (AvgIpc) is 3.20. The van der Waals surface area contributed by atoms with E-state index in [9.17, 15) is 9.46 Å². The zero-order valence-corrected chi connectivity index (χ0v) is 26.9. The Labute approximate surface area is 240 Å². The van der Waals surface area contributed by atoms with E-state index in [0.29, 0.717) is 16.7 Å². The minimum atomic E-state index is -4.02. The van der Waals surface area contributed by atoms with E-state index in [1.54, 1.807) is 0 Å². The van der Waals surface area contributed by atoms with Crippen LogP contribution in [0.1, 0.15) is 119 Å². The molecule has 0 amide bonds.